The van der Waals surface area contributed by atoms with Crippen LogP contribution in [0.4, 0.5) is 5.69 Å². The number of fused-ring (bicyclic) bond motifs is 3. The number of nitrogens with one attached hydrogen (secondary N) is 1. The first-order valence-corrected chi connectivity index (χ1v) is 7.51. The molecular formula is C18H18N2O. The van der Waals surface area contributed by atoms with Crippen molar-refractivity contribution >= 4 is 11.6 Å². The maximum atomic E-state index is 13.0. The molecule has 2 aliphatic rings. The Hall–Kier alpha value is -2.13. The second kappa shape index (κ2) is 5.01. The quantitative estimate of drug-likeness (QED) is 0.869. The van der Waals surface area contributed by atoms with Crippen molar-refractivity contribution in [1.82, 2.24) is 5.32 Å². The molecule has 3 nitrogen and oxygen atoms in total. The standard InChI is InChI=1S/C18H18N2O/c21-18-16-9-5-4-8-15(16)17-11-19-10-13(17)12-20(18)14-6-2-1-3-7-14/h1-9,13,17,19H,10-12H2. The molecule has 1 N–H and O–H groups in total. The highest BCUT2D eigenvalue weighted by Crippen LogP contribution is 2.36. The van der Waals surface area contributed by atoms with Crippen molar-refractivity contribution in [3.05, 3.63) is 65.7 Å². The van der Waals surface area contributed by atoms with Gasteiger partial charge in [-0.15, -0.1) is 0 Å². The van der Waals surface area contributed by atoms with E-state index in [0.717, 1.165) is 30.9 Å². The fourth-order valence-electron chi connectivity index (χ4n) is 3.60. The van der Waals surface area contributed by atoms with E-state index in [-0.39, 0.29) is 5.91 Å². The van der Waals surface area contributed by atoms with Crippen LogP contribution in [0.2, 0.25) is 0 Å². The third-order valence-corrected chi connectivity index (χ3v) is 4.66. The largest absolute Gasteiger partial charge is 0.316 e. The van der Waals surface area contributed by atoms with Gasteiger partial charge in [-0.25, -0.2) is 0 Å². The van der Waals surface area contributed by atoms with E-state index in [4.69, 9.17) is 0 Å². The minimum absolute atomic E-state index is 0.131. The van der Waals surface area contributed by atoms with Crippen LogP contribution in [0.5, 0.6) is 0 Å². The Morgan fingerprint density at radius 2 is 1.71 bits per heavy atom. The number of carbonyl (C=O) groups excluding carboxylic acids is 1. The molecule has 0 saturated carbocycles. The zero-order valence-electron chi connectivity index (χ0n) is 11.8. The minimum atomic E-state index is 0.131. The summed E-state index contributed by atoms with van der Waals surface area (Å²) < 4.78 is 0. The molecule has 0 aromatic heterocycles. The van der Waals surface area contributed by atoms with Crippen LogP contribution in [0, 0.1) is 5.92 Å². The summed E-state index contributed by atoms with van der Waals surface area (Å²) in [5.41, 5.74) is 3.05. The maximum absolute atomic E-state index is 13.0. The van der Waals surface area contributed by atoms with E-state index in [1.807, 2.05) is 53.4 Å². The van der Waals surface area contributed by atoms with Crippen molar-refractivity contribution in [2.75, 3.05) is 24.5 Å². The number of para-hydroxylation sites is 1. The predicted molar refractivity (Wildman–Crippen MR) is 83.7 cm³/mol. The highest BCUT2D eigenvalue weighted by Gasteiger charge is 2.37. The van der Waals surface area contributed by atoms with Crippen molar-refractivity contribution in [2.24, 2.45) is 5.92 Å². The molecule has 4 rings (SSSR count). The smallest absolute Gasteiger partial charge is 0.258 e. The number of carbonyl (C=O) groups is 1. The molecule has 2 aromatic rings. The molecule has 2 atom stereocenters. The van der Waals surface area contributed by atoms with Crippen molar-refractivity contribution in [1.29, 1.82) is 0 Å². The third kappa shape index (κ3) is 2.05. The molecule has 0 bridgehead atoms. The first-order valence-electron chi connectivity index (χ1n) is 7.51. The van der Waals surface area contributed by atoms with E-state index in [1.165, 1.54) is 5.56 Å². The summed E-state index contributed by atoms with van der Waals surface area (Å²) in [6, 6.07) is 18.1. The summed E-state index contributed by atoms with van der Waals surface area (Å²) in [6.07, 6.45) is 0. The molecule has 2 aromatic carbocycles. The van der Waals surface area contributed by atoms with Crippen LogP contribution in [0.15, 0.2) is 54.6 Å². The van der Waals surface area contributed by atoms with E-state index in [1.54, 1.807) is 0 Å². The lowest BCUT2D eigenvalue weighted by Gasteiger charge is -2.24. The van der Waals surface area contributed by atoms with Gasteiger partial charge in [0.25, 0.3) is 5.91 Å². The number of amides is 1. The first kappa shape index (κ1) is 12.6. The summed E-state index contributed by atoms with van der Waals surface area (Å²) in [6.45, 7) is 2.74. The molecule has 1 fully saturated rings. The van der Waals surface area contributed by atoms with E-state index in [2.05, 4.69) is 11.4 Å². The van der Waals surface area contributed by atoms with Gasteiger partial charge in [0.1, 0.15) is 0 Å². The number of hydrogen-bond donors (Lipinski definition) is 1. The van der Waals surface area contributed by atoms with Crippen molar-refractivity contribution in [2.45, 2.75) is 5.92 Å². The molecule has 2 aliphatic heterocycles. The topological polar surface area (TPSA) is 32.3 Å². The van der Waals surface area contributed by atoms with E-state index >= 15 is 0 Å². The number of rotatable bonds is 1. The zero-order valence-corrected chi connectivity index (χ0v) is 11.8. The van der Waals surface area contributed by atoms with Crippen LogP contribution in [-0.4, -0.2) is 25.5 Å². The summed E-state index contributed by atoms with van der Waals surface area (Å²) in [4.78, 5) is 14.9. The van der Waals surface area contributed by atoms with Gasteiger partial charge in [0.2, 0.25) is 0 Å². The van der Waals surface area contributed by atoms with Crippen LogP contribution < -0.4 is 10.2 Å². The summed E-state index contributed by atoms with van der Waals surface area (Å²) in [5, 5.41) is 3.48. The normalized spacial score (nSPS) is 24.4. The van der Waals surface area contributed by atoms with E-state index < -0.39 is 0 Å². The van der Waals surface area contributed by atoms with Gasteiger partial charge in [-0.3, -0.25) is 4.79 Å². The molecule has 1 saturated heterocycles. The molecule has 0 spiro atoms. The van der Waals surface area contributed by atoms with Gasteiger partial charge in [0.05, 0.1) is 0 Å². The van der Waals surface area contributed by atoms with E-state index in [0.29, 0.717) is 11.8 Å². The number of benzene rings is 2. The molecule has 2 unspecified atom stereocenters. The van der Waals surface area contributed by atoms with E-state index in [9.17, 15) is 4.79 Å². The number of anilines is 1. The summed E-state index contributed by atoms with van der Waals surface area (Å²) in [7, 11) is 0. The molecule has 106 valence electrons. The third-order valence-electron chi connectivity index (χ3n) is 4.66. The van der Waals surface area contributed by atoms with Crippen molar-refractivity contribution < 1.29 is 4.79 Å². The molecular weight excluding hydrogens is 260 g/mol. The lowest BCUT2D eigenvalue weighted by Crippen LogP contribution is -2.35. The summed E-state index contributed by atoms with van der Waals surface area (Å²) in [5.74, 6) is 1.06. The molecule has 0 radical (unpaired) electrons. The van der Waals surface area contributed by atoms with Gasteiger partial charge in [0, 0.05) is 36.8 Å². The Kier molecular flexibility index (Phi) is 3.00. The predicted octanol–water partition coefficient (Wildman–Crippen LogP) is 2.65. The zero-order chi connectivity index (χ0) is 14.2. The highest BCUT2D eigenvalue weighted by molar-refractivity contribution is 6.07. The Morgan fingerprint density at radius 3 is 2.57 bits per heavy atom. The highest BCUT2D eigenvalue weighted by atomic mass is 16.2. The Labute approximate surface area is 124 Å². The average Bonchev–Trinajstić information content (AvgIpc) is 2.97. The Bertz CT molecular complexity index is 668. The lowest BCUT2D eigenvalue weighted by atomic mass is 9.87. The molecule has 2 heterocycles. The SMILES string of the molecule is O=C1c2ccccc2C2CNCC2CN1c1ccccc1. The number of hydrogen-bond acceptors (Lipinski definition) is 2. The fourth-order valence-corrected chi connectivity index (χ4v) is 3.60. The Balaban J connectivity index is 1.83. The average molecular weight is 278 g/mol. The molecule has 1 amide bonds. The lowest BCUT2D eigenvalue weighted by molar-refractivity contribution is 0.0986. The van der Waals surface area contributed by atoms with Crippen molar-refractivity contribution in [3.8, 4) is 0 Å². The van der Waals surface area contributed by atoms with Crippen LogP contribution in [0.1, 0.15) is 21.8 Å². The molecule has 3 heteroatoms. The molecule has 0 aliphatic carbocycles. The van der Waals surface area contributed by atoms with Gasteiger partial charge in [0.15, 0.2) is 0 Å². The monoisotopic (exact) mass is 278 g/mol. The van der Waals surface area contributed by atoms with Crippen molar-refractivity contribution in [3.63, 3.8) is 0 Å². The van der Waals surface area contributed by atoms with Crippen LogP contribution in [0.3, 0.4) is 0 Å². The second-order valence-electron chi connectivity index (χ2n) is 5.86. The maximum Gasteiger partial charge on any atom is 0.258 e. The first-order chi connectivity index (χ1) is 10.3. The van der Waals surface area contributed by atoms with Crippen LogP contribution >= 0.6 is 0 Å². The summed E-state index contributed by atoms with van der Waals surface area (Å²) >= 11 is 0. The minimum Gasteiger partial charge on any atom is -0.316 e. The Morgan fingerprint density at radius 1 is 0.952 bits per heavy atom. The van der Waals surface area contributed by atoms with Crippen LogP contribution in [0.25, 0.3) is 0 Å². The fraction of sp³-hybridized carbons (Fsp3) is 0.278. The van der Waals surface area contributed by atoms with Gasteiger partial charge >= 0.3 is 0 Å². The number of nitrogens with zero attached hydrogens (tertiary/aromatic N) is 1. The molecule has 21 heavy (non-hydrogen) atoms. The van der Waals surface area contributed by atoms with Crippen LogP contribution in [-0.2, 0) is 0 Å². The van der Waals surface area contributed by atoms with Gasteiger partial charge in [-0.2, -0.15) is 0 Å². The van der Waals surface area contributed by atoms with Gasteiger partial charge in [-0.05, 0) is 29.7 Å². The van der Waals surface area contributed by atoms with Gasteiger partial charge in [-0.1, -0.05) is 36.4 Å². The second-order valence-corrected chi connectivity index (χ2v) is 5.86. The van der Waals surface area contributed by atoms with Gasteiger partial charge < -0.3 is 10.2 Å².